The summed E-state index contributed by atoms with van der Waals surface area (Å²) in [7, 11) is 0. The smallest absolute Gasteiger partial charge is 0.445 e. The van der Waals surface area contributed by atoms with Gasteiger partial charge in [-0.1, -0.05) is 11.5 Å². The Morgan fingerprint density at radius 2 is 1.64 bits per heavy atom. The maximum absolute atomic E-state index is 12.4. The van der Waals surface area contributed by atoms with E-state index in [0.717, 1.165) is 0 Å². The number of hydrogen-bond donors (Lipinski definition) is 0. The molecule has 1 rings (SSSR count). The van der Waals surface area contributed by atoms with Crippen LogP contribution in [-0.4, -0.2) is 6.98 Å². The van der Waals surface area contributed by atoms with Crippen molar-refractivity contribution >= 4 is 12.4 Å². The van der Waals surface area contributed by atoms with Crippen molar-refractivity contribution in [3.8, 4) is 0 Å². The van der Waals surface area contributed by atoms with Crippen LogP contribution in [0.5, 0.6) is 0 Å². The highest BCUT2D eigenvalue weighted by Gasteiger charge is 2.30. The van der Waals surface area contributed by atoms with Gasteiger partial charge in [-0.05, 0) is 17.7 Å². The first-order chi connectivity index (χ1) is 6.32. The highest BCUT2D eigenvalue weighted by Crippen LogP contribution is 2.22. The van der Waals surface area contributed by atoms with Gasteiger partial charge in [-0.15, -0.1) is 0 Å². The summed E-state index contributed by atoms with van der Waals surface area (Å²) < 4.78 is 73.0. The van der Waals surface area contributed by atoms with Crippen LogP contribution in [0, 0.1) is 5.82 Å². The van der Waals surface area contributed by atoms with Gasteiger partial charge in [0, 0.05) is 0 Å². The molecule has 0 saturated carbocycles. The molecule has 0 nitrogen and oxygen atoms in total. The van der Waals surface area contributed by atoms with Crippen molar-refractivity contribution in [1.29, 1.82) is 0 Å². The van der Waals surface area contributed by atoms with Crippen LogP contribution >= 0.6 is 0 Å². The van der Waals surface area contributed by atoms with E-state index in [2.05, 4.69) is 0 Å². The Morgan fingerprint density at radius 1 is 1.07 bits per heavy atom. The van der Waals surface area contributed by atoms with E-state index in [1.54, 1.807) is 0 Å². The quantitative estimate of drug-likeness (QED) is 0.523. The zero-order valence-electron chi connectivity index (χ0n) is 6.65. The normalized spacial score (nSPS) is 12.2. The Kier molecular flexibility index (Phi) is 2.77. The number of rotatable bonds is 2. The molecule has 0 aliphatic carbocycles. The fourth-order valence-corrected chi connectivity index (χ4v) is 1.03. The lowest BCUT2D eigenvalue weighted by molar-refractivity contribution is 0.151. The van der Waals surface area contributed by atoms with Gasteiger partial charge in [0.15, 0.2) is 0 Å². The van der Waals surface area contributed by atoms with Gasteiger partial charge in [0.2, 0.25) is 0 Å². The van der Waals surface area contributed by atoms with Gasteiger partial charge in [-0.2, -0.15) is 0 Å². The summed E-state index contributed by atoms with van der Waals surface area (Å²) in [5.74, 6) is -1.11. The lowest BCUT2D eigenvalue weighted by Gasteiger charge is -2.18. The highest BCUT2D eigenvalue weighted by molar-refractivity contribution is 6.74. The molecule has 0 amide bonds. The minimum atomic E-state index is -5.53. The Bertz CT molecular complexity index is 331. The van der Waals surface area contributed by atoms with Crippen molar-refractivity contribution < 1.29 is 26.1 Å². The number of benzene rings is 1. The van der Waals surface area contributed by atoms with Crippen LogP contribution in [0.1, 0.15) is 12.0 Å². The third kappa shape index (κ3) is 2.21. The fraction of sp³-hybridized carbons (Fsp3) is 0.143. The van der Waals surface area contributed by atoms with E-state index in [1.165, 1.54) is 0 Å². The lowest BCUT2D eigenvalue weighted by atomic mass is 9.77. The molecular formula is C7H4BF6-. The van der Waals surface area contributed by atoms with Gasteiger partial charge in [-0.3, -0.25) is 0 Å². The first-order valence-electron chi connectivity index (χ1n) is 3.60. The number of hydrogen-bond acceptors (Lipinski definition) is 0. The summed E-state index contributed by atoms with van der Waals surface area (Å²) in [6.45, 7) is -5.53. The minimum Gasteiger partial charge on any atom is -0.445 e. The second-order valence-electron chi connectivity index (χ2n) is 2.65. The molecule has 0 heterocycles. The summed E-state index contributed by atoms with van der Waals surface area (Å²) in [5, 5.41) is 0. The van der Waals surface area contributed by atoms with Gasteiger partial charge >= 0.3 is 6.98 Å². The predicted octanol–water partition coefficient (Wildman–Crippen LogP) is 2.82. The molecule has 14 heavy (non-hydrogen) atoms. The molecule has 0 unspecified atom stereocenters. The average Bonchev–Trinajstić information content (AvgIpc) is 2.01. The molecule has 78 valence electrons. The topological polar surface area (TPSA) is 0 Å². The van der Waals surface area contributed by atoms with Crippen LogP contribution in [-0.2, 0) is 0 Å². The minimum absolute atomic E-state index is 0.204. The van der Waals surface area contributed by atoms with Crippen LogP contribution in [0.25, 0.3) is 0 Å². The third-order valence-electron chi connectivity index (χ3n) is 1.64. The molecule has 0 aromatic heterocycles. The van der Waals surface area contributed by atoms with Gasteiger partial charge in [0.25, 0.3) is 6.43 Å². The molecule has 0 aliphatic heterocycles. The molecule has 0 N–H and O–H groups in total. The van der Waals surface area contributed by atoms with Crippen molar-refractivity contribution in [3.63, 3.8) is 0 Å². The van der Waals surface area contributed by atoms with Crippen LogP contribution in [0.2, 0.25) is 0 Å². The summed E-state index contributed by atoms with van der Waals surface area (Å²) in [5.41, 5.74) is -2.75. The highest BCUT2D eigenvalue weighted by atomic mass is 19.4. The molecule has 0 radical (unpaired) electrons. The zero-order chi connectivity index (χ0) is 10.9. The van der Waals surface area contributed by atoms with Crippen molar-refractivity contribution in [3.05, 3.63) is 29.6 Å². The van der Waals surface area contributed by atoms with Gasteiger partial charge in [-0.25, -0.2) is 13.2 Å². The Morgan fingerprint density at radius 3 is 2.07 bits per heavy atom. The van der Waals surface area contributed by atoms with E-state index in [0.29, 0.717) is 12.1 Å². The number of alkyl halides is 2. The molecule has 0 aliphatic rings. The van der Waals surface area contributed by atoms with E-state index in [4.69, 9.17) is 0 Å². The summed E-state index contributed by atoms with van der Waals surface area (Å²) in [4.78, 5) is 0. The Labute approximate surface area is 75.6 Å². The van der Waals surface area contributed by atoms with Gasteiger partial charge in [0.05, 0.1) is 0 Å². The summed E-state index contributed by atoms with van der Waals surface area (Å²) >= 11 is 0. The standard InChI is InChI=1S/C7H4BF6/c9-4-1-2-6(8(12,13)14)5(3-4)7(10)11/h1-3,7H/q-1. The van der Waals surface area contributed by atoms with E-state index >= 15 is 0 Å². The molecule has 7 heteroatoms. The second-order valence-corrected chi connectivity index (χ2v) is 2.65. The molecule has 0 spiro atoms. The molecule has 0 atom stereocenters. The Balaban J connectivity index is 3.29. The van der Waals surface area contributed by atoms with Crippen LogP contribution in [0.3, 0.4) is 0 Å². The third-order valence-corrected chi connectivity index (χ3v) is 1.64. The van der Waals surface area contributed by atoms with E-state index < -0.39 is 30.2 Å². The first-order valence-corrected chi connectivity index (χ1v) is 3.60. The molecule has 0 fully saturated rings. The first kappa shape index (κ1) is 10.9. The zero-order valence-corrected chi connectivity index (χ0v) is 6.65. The molecule has 0 bridgehead atoms. The molecule has 1 aromatic rings. The van der Waals surface area contributed by atoms with E-state index in [-0.39, 0.29) is 6.07 Å². The van der Waals surface area contributed by atoms with E-state index in [1.807, 2.05) is 0 Å². The second kappa shape index (κ2) is 3.55. The van der Waals surface area contributed by atoms with Crippen LogP contribution < -0.4 is 5.46 Å². The van der Waals surface area contributed by atoms with E-state index in [9.17, 15) is 26.1 Å². The van der Waals surface area contributed by atoms with Crippen molar-refractivity contribution in [2.24, 2.45) is 0 Å². The maximum atomic E-state index is 12.4. The largest absolute Gasteiger partial charge is 0.510 e. The Hall–Kier alpha value is -1.14. The fourth-order valence-electron chi connectivity index (χ4n) is 1.03. The molecular weight excluding hydrogens is 209 g/mol. The molecule has 1 aromatic carbocycles. The van der Waals surface area contributed by atoms with Crippen molar-refractivity contribution in [2.75, 3.05) is 0 Å². The number of halogens is 6. The lowest BCUT2D eigenvalue weighted by Crippen LogP contribution is -2.37. The van der Waals surface area contributed by atoms with Crippen molar-refractivity contribution in [1.82, 2.24) is 0 Å². The SMILES string of the molecule is Fc1ccc([B-](F)(F)F)c(C(F)F)c1. The molecule has 0 saturated heterocycles. The van der Waals surface area contributed by atoms with Crippen LogP contribution in [0.4, 0.5) is 26.1 Å². The van der Waals surface area contributed by atoms with Gasteiger partial charge in [0.1, 0.15) is 5.82 Å². The maximum Gasteiger partial charge on any atom is 0.510 e. The average molecular weight is 213 g/mol. The summed E-state index contributed by atoms with van der Waals surface area (Å²) in [6, 6.07) is 1.04. The summed E-state index contributed by atoms with van der Waals surface area (Å²) in [6.07, 6.45) is -3.33. The van der Waals surface area contributed by atoms with Crippen molar-refractivity contribution in [2.45, 2.75) is 6.43 Å². The van der Waals surface area contributed by atoms with Gasteiger partial charge < -0.3 is 12.9 Å². The predicted molar refractivity (Wildman–Crippen MR) is 40.1 cm³/mol. The van der Waals surface area contributed by atoms with Crippen LogP contribution in [0.15, 0.2) is 18.2 Å². The monoisotopic (exact) mass is 213 g/mol.